The van der Waals surface area contributed by atoms with Crippen LogP contribution in [0.4, 0.5) is 0 Å². The first-order valence-electron chi connectivity index (χ1n) is 8.59. The number of carbonyl (C=O) groups is 1. The fourth-order valence-electron chi connectivity index (χ4n) is 2.35. The molecule has 0 bridgehead atoms. The number of rotatable bonds is 11. The Morgan fingerprint density at radius 1 is 1.23 bits per heavy atom. The number of allylic oxidation sites excluding steroid dienone is 4. The largest absolute Gasteiger partial charge is 0.379 e. The molecule has 0 heterocycles. The summed E-state index contributed by atoms with van der Waals surface area (Å²) in [4.78, 5) is 11.7. The molecule has 0 aliphatic rings. The van der Waals surface area contributed by atoms with E-state index in [0.717, 1.165) is 18.4 Å². The van der Waals surface area contributed by atoms with Gasteiger partial charge in [0.1, 0.15) is 0 Å². The summed E-state index contributed by atoms with van der Waals surface area (Å²) < 4.78 is 5.44. The third-order valence-corrected chi connectivity index (χ3v) is 3.95. The summed E-state index contributed by atoms with van der Waals surface area (Å²) in [7, 11) is 1.78. The molecule has 0 N–H and O–H groups in total. The highest BCUT2D eigenvalue weighted by Gasteiger charge is 2.15. The highest BCUT2D eigenvalue weighted by Crippen LogP contribution is 2.20. The lowest BCUT2D eigenvalue weighted by atomic mass is 9.95. The van der Waals surface area contributed by atoms with Crippen molar-refractivity contribution in [1.82, 2.24) is 0 Å². The Hall–Kier alpha value is -0.890. The molecular weight excluding hydrogens is 272 g/mol. The monoisotopic (exact) mass is 308 g/mol. The van der Waals surface area contributed by atoms with E-state index in [0.29, 0.717) is 18.3 Å². The van der Waals surface area contributed by atoms with Crippen LogP contribution in [0.5, 0.6) is 0 Å². The zero-order chi connectivity index (χ0) is 17.2. The molecule has 1 unspecified atom stereocenters. The van der Waals surface area contributed by atoms with E-state index in [1.165, 1.54) is 12.8 Å². The molecule has 128 valence electrons. The van der Waals surface area contributed by atoms with Gasteiger partial charge >= 0.3 is 0 Å². The van der Waals surface area contributed by atoms with E-state index in [2.05, 4.69) is 46.8 Å². The van der Waals surface area contributed by atoms with Crippen molar-refractivity contribution in [3.05, 3.63) is 23.8 Å². The topological polar surface area (TPSA) is 26.3 Å². The Morgan fingerprint density at radius 2 is 1.86 bits per heavy atom. The van der Waals surface area contributed by atoms with Crippen LogP contribution in [0.3, 0.4) is 0 Å². The summed E-state index contributed by atoms with van der Waals surface area (Å²) in [6, 6.07) is 0. The Balaban J connectivity index is 4.05. The molecule has 0 aromatic heterocycles. The second kappa shape index (κ2) is 10.8. The van der Waals surface area contributed by atoms with Gasteiger partial charge in [-0.1, -0.05) is 45.8 Å². The summed E-state index contributed by atoms with van der Waals surface area (Å²) in [6.07, 6.45) is 11.2. The second-order valence-corrected chi connectivity index (χ2v) is 7.55. The van der Waals surface area contributed by atoms with Crippen LogP contribution >= 0.6 is 0 Å². The minimum atomic E-state index is -0.00827. The maximum Gasteiger partial charge on any atom is 0.156 e. The predicted molar refractivity (Wildman–Crippen MR) is 96.1 cm³/mol. The third-order valence-electron chi connectivity index (χ3n) is 3.95. The van der Waals surface area contributed by atoms with Gasteiger partial charge in [0.25, 0.3) is 0 Å². The minimum Gasteiger partial charge on any atom is -0.379 e. The van der Waals surface area contributed by atoms with Crippen molar-refractivity contribution in [2.24, 2.45) is 11.8 Å². The van der Waals surface area contributed by atoms with Gasteiger partial charge in [0.05, 0.1) is 5.60 Å². The SMILES string of the molecule is COC(C)(C)CCCC(C)C/C=C/C(C)=C/C(=O)CC(C)C. The quantitative estimate of drug-likeness (QED) is 0.360. The molecule has 2 nitrogen and oxygen atoms in total. The summed E-state index contributed by atoms with van der Waals surface area (Å²) in [6.45, 7) is 12.7. The zero-order valence-corrected chi connectivity index (χ0v) is 15.7. The fourth-order valence-corrected chi connectivity index (χ4v) is 2.35. The summed E-state index contributed by atoms with van der Waals surface area (Å²) in [5, 5.41) is 0. The molecule has 0 amide bonds. The molecule has 0 rings (SSSR count). The summed E-state index contributed by atoms with van der Waals surface area (Å²) in [5.41, 5.74) is 1.05. The second-order valence-electron chi connectivity index (χ2n) is 7.55. The standard InChI is InChI=1S/C20H36O2/c1-16(2)14-19(21)15-18(4)11-8-10-17(3)12-9-13-20(5,6)22-7/h8,11,15-17H,9-10,12-14H2,1-7H3/b11-8+,18-15+. The van der Waals surface area contributed by atoms with Crippen LogP contribution in [0.15, 0.2) is 23.8 Å². The van der Waals surface area contributed by atoms with Crippen LogP contribution in [0.1, 0.15) is 73.6 Å². The van der Waals surface area contributed by atoms with Gasteiger partial charge in [-0.05, 0) is 57.1 Å². The van der Waals surface area contributed by atoms with Crippen LogP contribution in [0.2, 0.25) is 0 Å². The van der Waals surface area contributed by atoms with E-state index < -0.39 is 0 Å². The molecule has 0 aromatic rings. The van der Waals surface area contributed by atoms with Gasteiger partial charge in [-0.2, -0.15) is 0 Å². The molecule has 0 aliphatic heterocycles. The van der Waals surface area contributed by atoms with E-state index in [9.17, 15) is 4.79 Å². The van der Waals surface area contributed by atoms with Crippen LogP contribution in [0.25, 0.3) is 0 Å². The summed E-state index contributed by atoms with van der Waals surface area (Å²) >= 11 is 0. The number of hydrogen-bond donors (Lipinski definition) is 0. The van der Waals surface area contributed by atoms with Gasteiger partial charge < -0.3 is 4.74 Å². The van der Waals surface area contributed by atoms with E-state index in [-0.39, 0.29) is 11.4 Å². The Morgan fingerprint density at radius 3 is 2.41 bits per heavy atom. The molecule has 0 saturated heterocycles. The molecule has 0 aliphatic carbocycles. The fraction of sp³-hybridized carbons (Fsp3) is 0.750. The van der Waals surface area contributed by atoms with Crippen LogP contribution in [-0.4, -0.2) is 18.5 Å². The van der Waals surface area contributed by atoms with Crippen LogP contribution < -0.4 is 0 Å². The van der Waals surface area contributed by atoms with Gasteiger partial charge in [0, 0.05) is 13.5 Å². The van der Waals surface area contributed by atoms with Crippen molar-refractivity contribution < 1.29 is 9.53 Å². The Labute approximate surface area is 138 Å². The minimum absolute atomic E-state index is 0.00827. The molecule has 0 aromatic carbocycles. The van der Waals surface area contributed by atoms with Crippen molar-refractivity contribution >= 4 is 5.78 Å². The summed E-state index contributed by atoms with van der Waals surface area (Å²) in [5.74, 6) is 1.33. The first-order valence-corrected chi connectivity index (χ1v) is 8.59. The molecule has 0 radical (unpaired) electrons. The highest BCUT2D eigenvalue weighted by molar-refractivity contribution is 5.90. The van der Waals surface area contributed by atoms with E-state index in [1.54, 1.807) is 13.2 Å². The Bertz CT molecular complexity index is 375. The lowest BCUT2D eigenvalue weighted by Gasteiger charge is -2.23. The highest BCUT2D eigenvalue weighted by atomic mass is 16.5. The molecule has 0 fully saturated rings. The number of carbonyl (C=O) groups excluding carboxylic acids is 1. The number of ether oxygens (including phenoxy) is 1. The van der Waals surface area contributed by atoms with Gasteiger partial charge in [0.15, 0.2) is 5.78 Å². The van der Waals surface area contributed by atoms with Gasteiger partial charge in [-0.15, -0.1) is 0 Å². The third kappa shape index (κ3) is 11.7. The normalized spacial score (nSPS) is 14.8. The van der Waals surface area contributed by atoms with Crippen LogP contribution in [-0.2, 0) is 9.53 Å². The lowest BCUT2D eigenvalue weighted by Crippen LogP contribution is -2.22. The molecule has 22 heavy (non-hydrogen) atoms. The molecular formula is C20H36O2. The van der Waals surface area contributed by atoms with Crippen molar-refractivity contribution in [2.45, 2.75) is 79.2 Å². The average Bonchev–Trinajstić information content (AvgIpc) is 2.37. The maximum atomic E-state index is 11.7. The predicted octanol–water partition coefficient (Wildman–Crippen LogP) is 5.73. The number of hydrogen-bond acceptors (Lipinski definition) is 2. The van der Waals surface area contributed by atoms with E-state index >= 15 is 0 Å². The van der Waals surface area contributed by atoms with E-state index in [1.807, 2.05) is 6.92 Å². The first kappa shape index (κ1) is 21.1. The molecule has 0 saturated carbocycles. The van der Waals surface area contributed by atoms with Crippen molar-refractivity contribution in [3.8, 4) is 0 Å². The maximum absolute atomic E-state index is 11.7. The number of methoxy groups -OCH3 is 1. The lowest BCUT2D eigenvalue weighted by molar-refractivity contribution is -0.115. The number of ketones is 1. The Kier molecular flexibility index (Phi) is 10.3. The molecule has 2 heteroatoms. The van der Waals surface area contributed by atoms with Crippen molar-refractivity contribution in [3.63, 3.8) is 0 Å². The average molecular weight is 309 g/mol. The molecule has 1 atom stereocenters. The van der Waals surface area contributed by atoms with Gasteiger partial charge in [0.2, 0.25) is 0 Å². The van der Waals surface area contributed by atoms with Crippen molar-refractivity contribution in [2.75, 3.05) is 7.11 Å². The zero-order valence-electron chi connectivity index (χ0n) is 15.7. The smallest absolute Gasteiger partial charge is 0.156 e. The van der Waals surface area contributed by atoms with Gasteiger partial charge in [-0.25, -0.2) is 0 Å². The molecule has 0 spiro atoms. The van der Waals surface area contributed by atoms with Crippen molar-refractivity contribution in [1.29, 1.82) is 0 Å². The van der Waals surface area contributed by atoms with Crippen LogP contribution in [0, 0.1) is 11.8 Å². The first-order chi connectivity index (χ1) is 10.2. The van der Waals surface area contributed by atoms with E-state index in [4.69, 9.17) is 4.74 Å². The van der Waals surface area contributed by atoms with Gasteiger partial charge in [-0.3, -0.25) is 4.79 Å².